The van der Waals surface area contributed by atoms with Crippen LogP contribution in [0, 0.1) is 0 Å². The summed E-state index contributed by atoms with van der Waals surface area (Å²) < 4.78 is 0. The molecule has 0 radical (unpaired) electrons. The van der Waals surface area contributed by atoms with Crippen molar-refractivity contribution in [3.8, 4) is 0 Å². The van der Waals surface area contributed by atoms with Gasteiger partial charge >= 0.3 is 0 Å². The van der Waals surface area contributed by atoms with Crippen molar-refractivity contribution in [3.63, 3.8) is 0 Å². The monoisotopic (exact) mass is 304 g/mol. The second-order valence-electron chi connectivity index (χ2n) is 7.19. The third-order valence-corrected chi connectivity index (χ3v) is 4.55. The van der Waals surface area contributed by atoms with E-state index >= 15 is 0 Å². The fourth-order valence-corrected chi connectivity index (χ4v) is 3.19. The van der Waals surface area contributed by atoms with Gasteiger partial charge in [0, 0.05) is 6.04 Å². The molecule has 0 unspecified atom stereocenters. The van der Waals surface area contributed by atoms with Crippen LogP contribution in [-0.4, -0.2) is 11.2 Å². The summed E-state index contributed by atoms with van der Waals surface area (Å²) in [4.78, 5) is 0. The molecule has 1 fully saturated rings. The van der Waals surface area contributed by atoms with Crippen LogP contribution in [0.1, 0.15) is 70.5 Å². The largest absolute Gasteiger partial charge is 0.360 e. The molecule has 1 atom stereocenters. The average molecular weight is 305 g/mol. The Kier molecular flexibility index (Phi) is 5.26. The first kappa shape index (κ1) is 16.3. The van der Waals surface area contributed by atoms with Crippen LogP contribution in [0.5, 0.6) is 0 Å². The minimum absolute atomic E-state index is 0.203. The number of rotatable bonds is 3. The normalized spacial score (nSPS) is 17.5. The Morgan fingerprint density at radius 1 is 1.14 bits per heavy atom. The molecule has 1 saturated carbocycles. The molecule has 1 aliphatic rings. The Hall–Kier alpha value is -1.09. The Bertz CT molecular complexity index is 467. The van der Waals surface area contributed by atoms with Crippen molar-refractivity contribution in [2.24, 2.45) is 0 Å². The van der Waals surface area contributed by atoms with Gasteiger partial charge in [0.2, 0.25) is 0 Å². The van der Waals surface area contributed by atoms with Crippen LogP contribution in [0.3, 0.4) is 0 Å². The molecule has 0 spiro atoms. The van der Waals surface area contributed by atoms with Crippen molar-refractivity contribution >= 4 is 17.3 Å². The molecule has 0 amide bonds. The summed E-state index contributed by atoms with van der Waals surface area (Å²) in [5, 5.41) is 7.62. The fourth-order valence-electron chi connectivity index (χ4n) is 2.85. The van der Waals surface area contributed by atoms with Crippen LogP contribution in [0.2, 0.25) is 0 Å². The third kappa shape index (κ3) is 4.70. The van der Waals surface area contributed by atoms with Crippen molar-refractivity contribution in [3.05, 3.63) is 35.4 Å². The van der Waals surface area contributed by atoms with E-state index in [1.54, 1.807) is 0 Å². The van der Waals surface area contributed by atoms with Crippen LogP contribution < -0.4 is 10.6 Å². The summed E-state index contributed by atoms with van der Waals surface area (Å²) in [6.45, 7) is 8.88. The summed E-state index contributed by atoms with van der Waals surface area (Å²) in [5.74, 6) is 0. The van der Waals surface area contributed by atoms with Gasteiger partial charge in [-0.25, -0.2) is 0 Å². The Morgan fingerprint density at radius 3 is 2.24 bits per heavy atom. The molecule has 116 valence electrons. The summed E-state index contributed by atoms with van der Waals surface area (Å²) in [6.07, 6.45) is 5.14. The molecule has 3 heteroatoms. The van der Waals surface area contributed by atoms with Gasteiger partial charge in [0.15, 0.2) is 5.11 Å². The highest BCUT2D eigenvalue weighted by Crippen LogP contribution is 2.24. The Balaban J connectivity index is 1.90. The lowest BCUT2D eigenvalue weighted by Crippen LogP contribution is -2.41. The maximum absolute atomic E-state index is 5.43. The second-order valence-corrected chi connectivity index (χ2v) is 7.60. The maximum atomic E-state index is 5.43. The molecule has 1 aromatic carbocycles. The summed E-state index contributed by atoms with van der Waals surface area (Å²) in [6, 6.07) is 9.66. The molecule has 0 saturated heterocycles. The van der Waals surface area contributed by atoms with Gasteiger partial charge in [-0.3, -0.25) is 0 Å². The van der Waals surface area contributed by atoms with E-state index in [9.17, 15) is 0 Å². The highest BCUT2D eigenvalue weighted by Gasteiger charge is 2.17. The van der Waals surface area contributed by atoms with E-state index in [1.165, 1.54) is 36.8 Å². The van der Waals surface area contributed by atoms with Gasteiger partial charge in [0.1, 0.15) is 0 Å². The summed E-state index contributed by atoms with van der Waals surface area (Å²) in [5.41, 5.74) is 2.85. The topological polar surface area (TPSA) is 24.1 Å². The van der Waals surface area contributed by atoms with E-state index in [-0.39, 0.29) is 11.5 Å². The van der Waals surface area contributed by atoms with Gasteiger partial charge in [0.05, 0.1) is 6.04 Å². The van der Waals surface area contributed by atoms with E-state index in [0.717, 1.165) is 5.11 Å². The zero-order valence-electron chi connectivity index (χ0n) is 13.7. The predicted octanol–water partition coefficient (Wildman–Crippen LogP) is 4.45. The minimum Gasteiger partial charge on any atom is -0.360 e. The van der Waals surface area contributed by atoms with Crippen LogP contribution in [-0.2, 0) is 5.41 Å². The molecule has 21 heavy (non-hydrogen) atoms. The highest BCUT2D eigenvalue weighted by atomic mass is 32.1. The SMILES string of the molecule is C[C@H](NC(=S)NC1CCCC1)c1ccc(C(C)(C)C)cc1. The van der Waals surface area contributed by atoms with Crippen LogP contribution in [0.15, 0.2) is 24.3 Å². The minimum atomic E-state index is 0.203. The molecule has 1 aromatic rings. The van der Waals surface area contributed by atoms with E-state index in [2.05, 4.69) is 62.6 Å². The van der Waals surface area contributed by atoms with Gasteiger partial charge < -0.3 is 10.6 Å². The van der Waals surface area contributed by atoms with Gasteiger partial charge in [0.25, 0.3) is 0 Å². The molecule has 0 aliphatic heterocycles. The molecule has 2 nitrogen and oxygen atoms in total. The lowest BCUT2D eigenvalue weighted by atomic mass is 9.86. The predicted molar refractivity (Wildman–Crippen MR) is 94.7 cm³/mol. The van der Waals surface area contributed by atoms with E-state index in [0.29, 0.717) is 6.04 Å². The van der Waals surface area contributed by atoms with E-state index in [1.807, 2.05) is 0 Å². The van der Waals surface area contributed by atoms with Crippen molar-refractivity contribution in [1.29, 1.82) is 0 Å². The van der Waals surface area contributed by atoms with Crippen LogP contribution in [0.25, 0.3) is 0 Å². The number of benzene rings is 1. The lowest BCUT2D eigenvalue weighted by molar-refractivity contribution is 0.588. The third-order valence-electron chi connectivity index (χ3n) is 4.31. The first-order valence-corrected chi connectivity index (χ1v) is 8.44. The lowest BCUT2D eigenvalue weighted by Gasteiger charge is -2.22. The zero-order chi connectivity index (χ0) is 15.5. The molecule has 0 heterocycles. The molecule has 2 rings (SSSR count). The number of hydrogen-bond acceptors (Lipinski definition) is 1. The molecular formula is C18H28N2S. The summed E-state index contributed by atoms with van der Waals surface area (Å²) in [7, 11) is 0. The van der Waals surface area contributed by atoms with E-state index < -0.39 is 0 Å². The zero-order valence-corrected chi connectivity index (χ0v) is 14.5. The Labute approximate surface area is 134 Å². The number of hydrogen-bond donors (Lipinski definition) is 2. The smallest absolute Gasteiger partial charge is 0.166 e. The molecular weight excluding hydrogens is 276 g/mol. The fraction of sp³-hybridized carbons (Fsp3) is 0.611. The van der Waals surface area contributed by atoms with Crippen molar-refractivity contribution in [1.82, 2.24) is 10.6 Å². The van der Waals surface area contributed by atoms with Crippen LogP contribution >= 0.6 is 12.2 Å². The first-order valence-electron chi connectivity index (χ1n) is 8.04. The standard InChI is InChI=1S/C18H28N2S/c1-13(19-17(21)20-16-7-5-6-8-16)14-9-11-15(12-10-14)18(2,3)4/h9-13,16H,5-8H2,1-4H3,(H2,19,20,21)/t13-/m0/s1. The number of thiocarbonyl (C=S) groups is 1. The number of nitrogens with one attached hydrogen (secondary N) is 2. The van der Waals surface area contributed by atoms with Crippen molar-refractivity contribution in [2.75, 3.05) is 0 Å². The Morgan fingerprint density at radius 2 is 1.71 bits per heavy atom. The average Bonchev–Trinajstić information content (AvgIpc) is 2.90. The van der Waals surface area contributed by atoms with Crippen molar-refractivity contribution < 1.29 is 0 Å². The molecule has 1 aliphatic carbocycles. The first-order chi connectivity index (χ1) is 9.86. The maximum Gasteiger partial charge on any atom is 0.166 e. The van der Waals surface area contributed by atoms with Gasteiger partial charge in [-0.05, 0) is 48.5 Å². The quantitative estimate of drug-likeness (QED) is 0.807. The molecule has 2 N–H and O–H groups in total. The highest BCUT2D eigenvalue weighted by molar-refractivity contribution is 7.80. The second kappa shape index (κ2) is 6.78. The van der Waals surface area contributed by atoms with E-state index in [4.69, 9.17) is 12.2 Å². The van der Waals surface area contributed by atoms with Gasteiger partial charge in [-0.2, -0.15) is 0 Å². The van der Waals surface area contributed by atoms with Gasteiger partial charge in [-0.15, -0.1) is 0 Å². The molecule has 0 bridgehead atoms. The molecule has 0 aromatic heterocycles. The van der Waals surface area contributed by atoms with Crippen molar-refractivity contribution in [2.45, 2.75) is 70.9 Å². The summed E-state index contributed by atoms with van der Waals surface area (Å²) >= 11 is 5.43. The van der Waals surface area contributed by atoms with Crippen LogP contribution in [0.4, 0.5) is 0 Å². The van der Waals surface area contributed by atoms with Gasteiger partial charge in [-0.1, -0.05) is 57.9 Å².